The van der Waals surface area contributed by atoms with Crippen LogP contribution in [0.1, 0.15) is 5.56 Å². The number of methoxy groups -OCH3 is 2. The highest BCUT2D eigenvalue weighted by Gasteiger charge is 2.10. The molecule has 0 radical (unpaired) electrons. The number of hydrogen-bond acceptors (Lipinski definition) is 4. The number of aromatic hydroxyl groups is 1. The van der Waals surface area contributed by atoms with E-state index in [0.29, 0.717) is 34.3 Å². The minimum atomic E-state index is -0.493. The summed E-state index contributed by atoms with van der Waals surface area (Å²) in [7, 11) is 3.04. The molecule has 0 amide bonds. The van der Waals surface area contributed by atoms with Crippen molar-refractivity contribution in [1.82, 2.24) is 0 Å². The number of halogens is 2. The van der Waals surface area contributed by atoms with Gasteiger partial charge in [-0.15, -0.1) is 0 Å². The van der Waals surface area contributed by atoms with Gasteiger partial charge in [-0.3, -0.25) is 0 Å². The maximum Gasteiger partial charge on any atom is 0.143 e. The molecule has 4 nitrogen and oxygen atoms in total. The van der Waals surface area contributed by atoms with E-state index in [1.807, 2.05) is 0 Å². The van der Waals surface area contributed by atoms with E-state index in [0.717, 1.165) is 6.07 Å². The highest BCUT2D eigenvalue weighted by molar-refractivity contribution is 6.32. The van der Waals surface area contributed by atoms with Crippen molar-refractivity contribution < 1.29 is 19.0 Å². The van der Waals surface area contributed by atoms with Gasteiger partial charge in [0.05, 0.1) is 24.9 Å². The van der Waals surface area contributed by atoms with Crippen LogP contribution in [0.3, 0.4) is 0 Å². The average Bonchev–Trinajstić information content (AvgIpc) is 2.44. The molecule has 0 aromatic heterocycles. The molecule has 0 bridgehead atoms. The summed E-state index contributed by atoms with van der Waals surface area (Å²) in [5, 5.41) is 12.9. The third-order valence-electron chi connectivity index (χ3n) is 2.90. The standard InChI is InChI=1S/C15H15ClFNO3/c1-20-14-7-13(15(21-2)6-12(14)16)18-8-9-3-10(17)5-11(19)4-9/h3-7,18-19H,8H2,1-2H3. The normalized spacial score (nSPS) is 10.3. The third kappa shape index (κ3) is 3.70. The second-order valence-corrected chi connectivity index (χ2v) is 4.77. The zero-order valence-electron chi connectivity index (χ0n) is 11.6. The van der Waals surface area contributed by atoms with Crippen molar-refractivity contribution in [2.75, 3.05) is 19.5 Å². The largest absolute Gasteiger partial charge is 0.508 e. The van der Waals surface area contributed by atoms with Gasteiger partial charge in [-0.25, -0.2) is 4.39 Å². The summed E-state index contributed by atoms with van der Waals surface area (Å²) in [6.45, 7) is 0.312. The zero-order valence-corrected chi connectivity index (χ0v) is 12.4. The van der Waals surface area contributed by atoms with Crippen molar-refractivity contribution in [3.63, 3.8) is 0 Å². The van der Waals surface area contributed by atoms with E-state index in [-0.39, 0.29) is 5.75 Å². The molecule has 0 atom stereocenters. The van der Waals surface area contributed by atoms with E-state index in [2.05, 4.69) is 5.32 Å². The van der Waals surface area contributed by atoms with Crippen LogP contribution in [0.15, 0.2) is 30.3 Å². The Hall–Kier alpha value is -2.14. The van der Waals surface area contributed by atoms with Gasteiger partial charge in [-0.1, -0.05) is 11.6 Å². The molecule has 0 aliphatic carbocycles. The molecule has 2 rings (SSSR count). The molecule has 0 heterocycles. The van der Waals surface area contributed by atoms with Gasteiger partial charge in [0, 0.05) is 24.7 Å². The Morgan fingerprint density at radius 3 is 2.43 bits per heavy atom. The second-order valence-electron chi connectivity index (χ2n) is 4.36. The van der Waals surface area contributed by atoms with Gasteiger partial charge in [0.1, 0.15) is 23.1 Å². The van der Waals surface area contributed by atoms with Crippen molar-refractivity contribution in [1.29, 1.82) is 0 Å². The summed E-state index contributed by atoms with van der Waals surface area (Å²) in [6.07, 6.45) is 0. The SMILES string of the molecule is COc1cc(NCc2cc(O)cc(F)c2)c(OC)cc1Cl. The Labute approximate surface area is 127 Å². The molecular weight excluding hydrogens is 297 g/mol. The number of phenolic OH excluding ortho intramolecular Hbond substituents is 1. The van der Waals surface area contributed by atoms with Gasteiger partial charge in [0.15, 0.2) is 0 Å². The van der Waals surface area contributed by atoms with Crippen LogP contribution in [-0.2, 0) is 6.54 Å². The highest BCUT2D eigenvalue weighted by Crippen LogP contribution is 2.36. The lowest BCUT2D eigenvalue weighted by Gasteiger charge is -2.14. The van der Waals surface area contributed by atoms with Crippen LogP contribution in [0.4, 0.5) is 10.1 Å². The summed E-state index contributed by atoms with van der Waals surface area (Å²) in [4.78, 5) is 0. The van der Waals surface area contributed by atoms with E-state index in [9.17, 15) is 9.50 Å². The van der Waals surface area contributed by atoms with Crippen molar-refractivity contribution >= 4 is 17.3 Å². The van der Waals surface area contributed by atoms with Gasteiger partial charge >= 0.3 is 0 Å². The number of benzene rings is 2. The van der Waals surface area contributed by atoms with Crippen molar-refractivity contribution in [2.45, 2.75) is 6.54 Å². The molecule has 6 heteroatoms. The second kappa shape index (κ2) is 6.54. The molecule has 2 aromatic carbocycles. The first-order valence-corrected chi connectivity index (χ1v) is 6.55. The summed E-state index contributed by atoms with van der Waals surface area (Å²) >= 11 is 6.02. The maximum atomic E-state index is 13.2. The van der Waals surface area contributed by atoms with Crippen LogP contribution in [0.5, 0.6) is 17.2 Å². The lowest BCUT2D eigenvalue weighted by molar-refractivity contribution is 0.404. The van der Waals surface area contributed by atoms with E-state index in [4.69, 9.17) is 21.1 Å². The van der Waals surface area contributed by atoms with Crippen molar-refractivity contribution in [3.05, 3.63) is 46.7 Å². The Morgan fingerprint density at radius 1 is 1.10 bits per heavy atom. The molecule has 0 unspecified atom stereocenters. The minimum Gasteiger partial charge on any atom is -0.508 e. The highest BCUT2D eigenvalue weighted by atomic mass is 35.5. The fourth-order valence-electron chi connectivity index (χ4n) is 1.93. The minimum absolute atomic E-state index is 0.118. The van der Waals surface area contributed by atoms with Gasteiger partial charge in [-0.2, -0.15) is 0 Å². The van der Waals surface area contributed by atoms with Crippen molar-refractivity contribution in [2.24, 2.45) is 0 Å². The molecule has 0 aliphatic heterocycles. The Balaban J connectivity index is 2.22. The van der Waals surface area contributed by atoms with E-state index < -0.39 is 5.82 Å². The fraction of sp³-hybridized carbons (Fsp3) is 0.200. The lowest BCUT2D eigenvalue weighted by Crippen LogP contribution is -2.02. The van der Waals surface area contributed by atoms with Crippen LogP contribution in [0.25, 0.3) is 0 Å². The quantitative estimate of drug-likeness (QED) is 0.881. The molecule has 0 spiro atoms. The summed E-state index contributed by atoms with van der Waals surface area (Å²) in [6, 6.07) is 7.20. The van der Waals surface area contributed by atoms with Gasteiger partial charge in [0.2, 0.25) is 0 Å². The average molecular weight is 312 g/mol. The summed E-state index contributed by atoms with van der Waals surface area (Å²) < 4.78 is 23.6. The fourth-order valence-corrected chi connectivity index (χ4v) is 2.16. The molecule has 2 N–H and O–H groups in total. The van der Waals surface area contributed by atoms with Crippen LogP contribution in [0, 0.1) is 5.82 Å². The van der Waals surface area contributed by atoms with Crippen LogP contribution < -0.4 is 14.8 Å². The van der Waals surface area contributed by atoms with Crippen LogP contribution in [-0.4, -0.2) is 19.3 Å². The number of phenols is 1. The summed E-state index contributed by atoms with van der Waals surface area (Å²) in [5.74, 6) is 0.434. The van der Waals surface area contributed by atoms with Gasteiger partial charge < -0.3 is 19.9 Å². The Bertz CT molecular complexity index is 629. The molecular formula is C15H15ClFNO3. The molecule has 0 saturated carbocycles. The first kappa shape index (κ1) is 15.3. The number of ether oxygens (including phenoxy) is 2. The predicted molar refractivity (Wildman–Crippen MR) is 79.9 cm³/mol. The zero-order chi connectivity index (χ0) is 15.4. The molecule has 21 heavy (non-hydrogen) atoms. The van der Waals surface area contributed by atoms with Gasteiger partial charge in [0.25, 0.3) is 0 Å². The number of nitrogens with one attached hydrogen (secondary N) is 1. The number of anilines is 1. The number of rotatable bonds is 5. The lowest BCUT2D eigenvalue weighted by atomic mass is 10.2. The molecule has 0 aliphatic rings. The third-order valence-corrected chi connectivity index (χ3v) is 3.19. The van der Waals surface area contributed by atoms with Crippen LogP contribution in [0.2, 0.25) is 5.02 Å². The topological polar surface area (TPSA) is 50.7 Å². The predicted octanol–water partition coefficient (Wildman–Crippen LogP) is 3.81. The molecule has 0 saturated heterocycles. The van der Waals surface area contributed by atoms with E-state index >= 15 is 0 Å². The summed E-state index contributed by atoms with van der Waals surface area (Å²) in [5.41, 5.74) is 1.26. The van der Waals surface area contributed by atoms with Gasteiger partial charge in [-0.05, 0) is 17.7 Å². The number of hydrogen-bond donors (Lipinski definition) is 2. The van der Waals surface area contributed by atoms with E-state index in [1.54, 1.807) is 12.1 Å². The smallest absolute Gasteiger partial charge is 0.143 e. The molecule has 112 valence electrons. The van der Waals surface area contributed by atoms with Crippen molar-refractivity contribution in [3.8, 4) is 17.2 Å². The Kier molecular flexibility index (Phi) is 4.75. The first-order valence-electron chi connectivity index (χ1n) is 6.17. The Morgan fingerprint density at radius 2 is 1.81 bits per heavy atom. The van der Waals surface area contributed by atoms with E-state index in [1.165, 1.54) is 26.4 Å². The maximum absolute atomic E-state index is 13.2. The first-order chi connectivity index (χ1) is 10.0. The molecule has 2 aromatic rings. The monoisotopic (exact) mass is 311 g/mol. The van der Waals surface area contributed by atoms with Crippen LogP contribution >= 0.6 is 11.6 Å². The molecule has 0 fully saturated rings.